The summed E-state index contributed by atoms with van der Waals surface area (Å²) >= 11 is 0. The highest BCUT2D eigenvalue weighted by atomic mass is 19.4. The van der Waals surface area contributed by atoms with Crippen molar-refractivity contribution in [3.8, 4) is 0 Å². The largest absolute Gasteiger partial charge is 0.394 e. The predicted octanol–water partition coefficient (Wildman–Crippen LogP) is -0.988. The minimum Gasteiger partial charge on any atom is -0.390 e. The zero-order chi connectivity index (χ0) is 11.1. The Morgan fingerprint density at radius 3 is 1.79 bits per heavy atom. The maximum atomic E-state index is 12.2. The van der Waals surface area contributed by atoms with Gasteiger partial charge < -0.3 is 20.4 Å². The lowest BCUT2D eigenvalue weighted by atomic mass is 9.80. The van der Waals surface area contributed by atoms with Gasteiger partial charge in [-0.15, -0.1) is 0 Å². The third-order valence-electron chi connectivity index (χ3n) is 2.42. The molecule has 1 aliphatic rings. The molecule has 7 heteroatoms. The van der Waals surface area contributed by atoms with Gasteiger partial charge in [0.15, 0.2) is 0 Å². The molecule has 1 fully saturated rings. The van der Waals surface area contributed by atoms with Gasteiger partial charge in [-0.1, -0.05) is 0 Å². The summed E-state index contributed by atoms with van der Waals surface area (Å²) in [6.45, 7) is 0. The van der Waals surface area contributed by atoms with Gasteiger partial charge in [0.1, 0.15) is 12.2 Å². The highest BCUT2D eigenvalue weighted by Crippen LogP contribution is 2.38. The van der Waals surface area contributed by atoms with Crippen LogP contribution in [0.1, 0.15) is 6.42 Å². The quantitative estimate of drug-likeness (QED) is 0.419. The normalized spacial score (nSPS) is 45.2. The van der Waals surface area contributed by atoms with Crippen LogP contribution >= 0.6 is 0 Å². The van der Waals surface area contributed by atoms with Crippen LogP contribution in [0.5, 0.6) is 0 Å². The van der Waals surface area contributed by atoms with Gasteiger partial charge in [-0.05, 0) is 6.42 Å². The van der Waals surface area contributed by atoms with Crippen molar-refractivity contribution in [3.63, 3.8) is 0 Å². The van der Waals surface area contributed by atoms with Gasteiger partial charge in [-0.3, -0.25) is 0 Å². The van der Waals surface area contributed by atoms with Crippen molar-refractivity contribution in [1.82, 2.24) is 0 Å². The molecule has 0 spiro atoms. The minimum atomic E-state index is -4.69. The van der Waals surface area contributed by atoms with Crippen molar-refractivity contribution < 1.29 is 33.6 Å². The van der Waals surface area contributed by atoms with Gasteiger partial charge in [0.2, 0.25) is 0 Å². The van der Waals surface area contributed by atoms with Gasteiger partial charge in [-0.25, -0.2) is 0 Å². The average molecular weight is 216 g/mol. The Morgan fingerprint density at radius 2 is 1.36 bits per heavy atom. The van der Waals surface area contributed by atoms with E-state index in [2.05, 4.69) is 0 Å². The molecule has 0 amide bonds. The maximum Gasteiger partial charge on any atom is 0.394 e. The van der Waals surface area contributed by atoms with Crippen LogP contribution in [0.3, 0.4) is 0 Å². The Hall–Kier alpha value is -0.370. The SMILES string of the molecule is O[C@H]1[C@H](O)[C@@H](O)C[C@H](C(F)(F)F)[C@H]1O. The summed E-state index contributed by atoms with van der Waals surface area (Å²) in [6.07, 6.45) is -13.0. The molecule has 1 saturated carbocycles. The monoisotopic (exact) mass is 216 g/mol. The standard InChI is InChI=1S/C7H11F3O4/c8-7(9,10)2-1-3(11)5(13)6(14)4(2)12/h2-6,11-14H,1H2/t2-,3-,4+,5+,6+/m0/s1. The molecule has 0 unspecified atom stereocenters. The van der Waals surface area contributed by atoms with E-state index in [0.717, 1.165) is 0 Å². The molecule has 0 aromatic heterocycles. The molecular weight excluding hydrogens is 205 g/mol. The second-order valence-corrected chi connectivity index (χ2v) is 3.42. The first kappa shape index (κ1) is 11.7. The van der Waals surface area contributed by atoms with Crippen LogP contribution in [0, 0.1) is 5.92 Å². The van der Waals surface area contributed by atoms with Crippen LogP contribution in [-0.2, 0) is 0 Å². The Bertz CT molecular complexity index is 208. The molecule has 0 aromatic carbocycles. The van der Waals surface area contributed by atoms with Crippen molar-refractivity contribution >= 4 is 0 Å². The molecule has 0 saturated heterocycles. The molecule has 1 rings (SSSR count). The molecule has 0 aliphatic heterocycles. The molecule has 4 nitrogen and oxygen atoms in total. The topological polar surface area (TPSA) is 80.9 Å². The van der Waals surface area contributed by atoms with Crippen LogP contribution in [0.25, 0.3) is 0 Å². The Balaban J connectivity index is 2.81. The lowest BCUT2D eigenvalue weighted by Crippen LogP contribution is -2.56. The Labute approximate surface area is 77.6 Å². The first-order valence-corrected chi connectivity index (χ1v) is 4.04. The van der Waals surface area contributed by atoms with E-state index < -0.39 is 42.9 Å². The third-order valence-corrected chi connectivity index (χ3v) is 2.42. The number of halogens is 3. The van der Waals surface area contributed by atoms with E-state index in [-0.39, 0.29) is 0 Å². The molecular formula is C7H11F3O4. The van der Waals surface area contributed by atoms with E-state index in [1.165, 1.54) is 0 Å². The van der Waals surface area contributed by atoms with Crippen molar-refractivity contribution in [2.45, 2.75) is 37.0 Å². The summed E-state index contributed by atoms with van der Waals surface area (Å²) in [6, 6.07) is 0. The summed E-state index contributed by atoms with van der Waals surface area (Å²) < 4.78 is 36.6. The molecule has 84 valence electrons. The molecule has 4 N–H and O–H groups in total. The average Bonchev–Trinajstić information content (AvgIpc) is 2.06. The van der Waals surface area contributed by atoms with Gasteiger partial charge in [0.25, 0.3) is 0 Å². The third kappa shape index (κ3) is 2.00. The molecule has 0 bridgehead atoms. The number of alkyl halides is 3. The van der Waals surface area contributed by atoms with Crippen molar-refractivity contribution in [2.24, 2.45) is 5.92 Å². The number of aliphatic hydroxyl groups is 4. The fraction of sp³-hybridized carbons (Fsp3) is 1.00. The molecule has 1 aliphatic carbocycles. The van der Waals surface area contributed by atoms with Crippen LogP contribution in [0.15, 0.2) is 0 Å². The van der Waals surface area contributed by atoms with Crippen molar-refractivity contribution in [1.29, 1.82) is 0 Å². The molecule has 5 atom stereocenters. The van der Waals surface area contributed by atoms with Gasteiger partial charge in [-0.2, -0.15) is 13.2 Å². The Morgan fingerprint density at radius 1 is 0.857 bits per heavy atom. The lowest BCUT2D eigenvalue weighted by Gasteiger charge is -2.38. The van der Waals surface area contributed by atoms with Gasteiger partial charge in [0.05, 0.1) is 18.1 Å². The van der Waals surface area contributed by atoms with Crippen LogP contribution in [-0.4, -0.2) is 51.0 Å². The predicted molar refractivity (Wildman–Crippen MR) is 38.2 cm³/mol. The zero-order valence-corrected chi connectivity index (χ0v) is 7.02. The van der Waals surface area contributed by atoms with E-state index in [9.17, 15) is 13.2 Å². The smallest absolute Gasteiger partial charge is 0.390 e. The summed E-state index contributed by atoms with van der Waals surface area (Å²) in [5.41, 5.74) is 0. The number of rotatable bonds is 0. The second-order valence-electron chi connectivity index (χ2n) is 3.42. The summed E-state index contributed by atoms with van der Waals surface area (Å²) in [5, 5.41) is 36.0. The lowest BCUT2D eigenvalue weighted by molar-refractivity contribution is -0.252. The van der Waals surface area contributed by atoms with E-state index in [4.69, 9.17) is 20.4 Å². The van der Waals surface area contributed by atoms with Crippen LogP contribution < -0.4 is 0 Å². The summed E-state index contributed by atoms with van der Waals surface area (Å²) in [4.78, 5) is 0. The van der Waals surface area contributed by atoms with Crippen LogP contribution in [0.2, 0.25) is 0 Å². The number of hydrogen-bond acceptors (Lipinski definition) is 4. The Kier molecular flexibility index (Phi) is 3.05. The maximum absolute atomic E-state index is 12.2. The highest BCUT2D eigenvalue weighted by molar-refractivity contribution is 4.94. The minimum absolute atomic E-state index is 0.803. The summed E-state index contributed by atoms with van der Waals surface area (Å²) in [5.74, 6) is -2.20. The molecule has 14 heavy (non-hydrogen) atoms. The second kappa shape index (κ2) is 3.65. The van der Waals surface area contributed by atoms with Gasteiger partial charge >= 0.3 is 6.18 Å². The van der Waals surface area contributed by atoms with Gasteiger partial charge in [0, 0.05) is 0 Å². The van der Waals surface area contributed by atoms with E-state index in [0.29, 0.717) is 0 Å². The molecule has 0 radical (unpaired) electrons. The number of hydrogen-bond donors (Lipinski definition) is 4. The van der Waals surface area contributed by atoms with Crippen molar-refractivity contribution in [2.75, 3.05) is 0 Å². The molecule has 0 aromatic rings. The molecule has 0 heterocycles. The van der Waals surface area contributed by atoms with Crippen molar-refractivity contribution in [3.05, 3.63) is 0 Å². The highest BCUT2D eigenvalue weighted by Gasteiger charge is 2.53. The fourth-order valence-electron chi connectivity index (χ4n) is 1.53. The number of aliphatic hydroxyl groups excluding tert-OH is 4. The van der Waals surface area contributed by atoms with Crippen LogP contribution in [0.4, 0.5) is 13.2 Å². The summed E-state index contributed by atoms with van der Waals surface area (Å²) in [7, 11) is 0. The first-order valence-electron chi connectivity index (χ1n) is 4.04. The van der Waals surface area contributed by atoms with E-state index in [1.807, 2.05) is 0 Å². The van der Waals surface area contributed by atoms with E-state index >= 15 is 0 Å². The van der Waals surface area contributed by atoms with E-state index in [1.54, 1.807) is 0 Å². The zero-order valence-electron chi connectivity index (χ0n) is 7.02. The fourth-order valence-corrected chi connectivity index (χ4v) is 1.53. The first-order chi connectivity index (χ1) is 6.25.